The minimum Gasteiger partial charge on any atom is -0.322 e. The topological polar surface area (TPSA) is 90.3 Å². The van der Waals surface area contributed by atoms with Gasteiger partial charge in [0.25, 0.3) is 5.91 Å². The third-order valence-corrected chi connectivity index (χ3v) is 5.38. The third kappa shape index (κ3) is 3.74. The molecule has 0 unspecified atom stereocenters. The van der Waals surface area contributed by atoms with Gasteiger partial charge in [0.1, 0.15) is 6.07 Å². The molecular weight excluding hydrogens is 350 g/mol. The predicted octanol–water partition coefficient (Wildman–Crippen LogP) is 2.71. The molecule has 1 amide bonds. The van der Waals surface area contributed by atoms with Crippen LogP contribution in [0, 0.1) is 11.3 Å². The van der Waals surface area contributed by atoms with Gasteiger partial charge in [-0.1, -0.05) is 11.6 Å². The van der Waals surface area contributed by atoms with Crippen LogP contribution in [0.5, 0.6) is 0 Å². The van der Waals surface area contributed by atoms with Crippen molar-refractivity contribution in [2.75, 3.05) is 19.4 Å². The van der Waals surface area contributed by atoms with Gasteiger partial charge in [-0.15, -0.1) is 0 Å². The Bertz CT molecular complexity index is 917. The molecule has 0 heterocycles. The quantitative estimate of drug-likeness (QED) is 0.904. The van der Waals surface area contributed by atoms with Crippen molar-refractivity contribution in [1.82, 2.24) is 4.31 Å². The van der Waals surface area contributed by atoms with Crippen LogP contribution in [0.25, 0.3) is 0 Å². The lowest BCUT2D eigenvalue weighted by molar-refractivity contribution is 0.102. The molecule has 0 aromatic heterocycles. The number of halogens is 1. The van der Waals surface area contributed by atoms with Gasteiger partial charge < -0.3 is 5.32 Å². The van der Waals surface area contributed by atoms with E-state index in [4.69, 9.17) is 16.9 Å². The number of rotatable bonds is 4. The average molecular weight is 364 g/mol. The van der Waals surface area contributed by atoms with Crippen LogP contribution >= 0.6 is 11.6 Å². The second kappa shape index (κ2) is 7.01. The molecule has 0 saturated carbocycles. The first kappa shape index (κ1) is 17.9. The Morgan fingerprint density at radius 3 is 2.29 bits per heavy atom. The minimum absolute atomic E-state index is 0.102. The Morgan fingerprint density at radius 2 is 1.79 bits per heavy atom. The highest BCUT2D eigenvalue weighted by molar-refractivity contribution is 7.89. The summed E-state index contributed by atoms with van der Waals surface area (Å²) in [6.07, 6.45) is 0. The minimum atomic E-state index is -3.54. The van der Waals surface area contributed by atoms with Crippen molar-refractivity contribution < 1.29 is 13.2 Å². The first-order valence-electron chi connectivity index (χ1n) is 6.79. The number of nitrogens with one attached hydrogen (secondary N) is 1. The number of sulfonamides is 1. The molecule has 6 nitrogen and oxygen atoms in total. The van der Waals surface area contributed by atoms with Crippen LogP contribution in [0.15, 0.2) is 47.4 Å². The average Bonchev–Trinajstić information content (AvgIpc) is 2.55. The summed E-state index contributed by atoms with van der Waals surface area (Å²) in [5, 5.41) is 11.7. The molecule has 0 saturated heterocycles. The Hall–Kier alpha value is -2.40. The Kier molecular flexibility index (Phi) is 5.24. The normalized spacial score (nSPS) is 11.1. The summed E-state index contributed by atoms with van der Waals surface area (Å²) in [5.41, 5.74) is 1.05. The molecule has 0 spiro atoms. The molecule has 0 radical (unpaired) electrons. The summed E-state index contributed by atoms with van der Waals surface area (Å²) in [5.74, 6) is -0.412. The van der Waals surface area contributed by atoms with Gasteiger partial charge in [-0.2, -0.15) is 5.26 Å². The largest absolute Gasteiger partial charge is 0.322 e. The summed E-state index contributed by atoms with van der Waals surface area (Å²) in [7, 11) is -0.668. The molecule has 0 aliphatic carbocycles. The molecule has 2 aromatic carbocycles. The van der Waals surface area contributed by atoms with Gasteiger partial charge in [0, 0.05) is 25.3 Å². The molecule has 2 rings (SSSR count). The van der Waals surface area contributed by atoms with E-state index in [9.17, 15) is 13.2 Å². The van der Waals surface area contributed by atoms with E-state index in [1.165, 1.54) is 50.5 Å². The van der Waals surface area contributed by atoms with E-state index >= 15 is 0 Å². The number of anilines is 1. The van der Waals surface area contributed by atoms with Gasteiger partial charge >= 0.3 is 0 Å². The summed E-state index contributed by atoms with van der Waals surface area (Å²) < 4.78 is 25.1. The Balaban J connectivity index is 2.19. The van der Waals surface area contributed by atoms with Gasteiger partial charge in [-0.05, 0) is 42.5 Å². The van der Waals surface area contributed by atoms with Crippen molar-refractivity contribution >= 4 is 33.2 Å². The van der Waals surface area contributed by atoms with Crippen LogP contribution in [0.1, 0.15) is 15.9 Å². The maximum absolute atomic E-state index is 12.2. The van der Waals surface area contributed by atoms with Gasteiger partial charge in [0.2, 0.25) is 10.0 Å². The van der Waals surface area contributed by atoms with E-state index in [1.54, 1.807) is 6.07 Å². The van der Waals surface area contributed by atoms with E-state index in [0.29, 0.717) is 16.8 Å². The van der Waals surface area contributed by atoms with Gasteiger partial charge in [0.05, 0.1) is 15.5 Å². The molecular formula is C16H14ClN3O3S. The summed E-state index contributed by atoms with van der Waals surface area (Å²) >= 11 is 5.91. The zero-order chi connectivity index (χ0) is 17.9. The fourth-order valence-corrected chi connectivity index (χ4v) is 3.00. The number of hydrogen-bond acceptors (Lipinski definition) is 4. The molecule has 0 aliphatic heterocycles. The molecule has 0 bridgehead atoms. The summed E-state index contributed by atoms with van der Waals surface area (Å²) in [4.78, 5) is 12.3. The van der Waals surface area contributed by atoms with Gasteiger partial charge in [-0.3, -0.25) is 4.79 Å². The maximum Gasteiger partial charge on any atom is 0.255 e. The number of benzene rings is 2. The second-order valence-corrected chi connectivity index (χ2v) is 7.63. The van der Waals surface area contributed by atoms with Crippen LogP contribution in [0.4, 0.5) is 5.69 Å². The molecule has 0 aliphatic rings. The molecule has 24 heavy (non-hydrogen) atoms. The van der Waals surface area contributed by atoms with Crippen molar-refractivity contribution in [3.05, 3.63) is 58.6 Å². The number of carbonyl (C=O) groups is 1. The molecule has 1 N–H and O–H groups in total. The van der Waals surface area contributed by atoms with E-state index in [1.807, 2.05) is 6.07 Å². The highest BCUT2D eigenvalue weighted by atomic mass is 35.5. The molecule has 2 aromatic rings. The SMILES string of the molecule is CN(C)S(=O)(=O)c1ccc(C(=O)Nc2ccc(C#N)c(Cl)c2)cc1. The van der Waals surface area contributed by atoms with E-state index in [-0.39, 0.29) is 9.92 Å². The van der Waals surface area contributed by atoms with Crippen LogP contribution in [0.2, 0.25) is 5.02 Å². The zero-order valence-corrected chi connectivity index (χ0v) is 14.5. The predicted molar refractivity (Wildman–Crippen MR) is 91.4 cm³/mol. The summed E-state index contributed by atoms with van der Waals surface area (Å²) in [6, 6.07) is 12.1. The monoisotopic (exact) mass is 363 g/mol. The fraction of sp³-hybridized carbons (Fsp3) is 0.125. The molecule has 124 valence electrons. The number of carbonyl (C=O) groups excluding carboxylic acids is 1. The Labute approximate surface area is 145 Å². The highest BCUT2D eigenvalue weighted by Gasteiger charge is 2.17. The lowest BCUT2D eigenvalue weighted by Gasteiger charge is -2.11. The standard InChI is InChI=1S/C16H14ClN3O3S/c1-20(2)24(22,23)14-7-4-11(5-8-14)16(21)19-13-6-3-12(10-18)15(17)9-13/h3-9H,1-2H3,(H,19,21). The first-order chi connectivity index (χ1) is 11.3. The van der Waals surface area contributed by atoms with Crippen LogP contribution < -0.4 is 5.32 Å². The lowest BCUT2D eigenvalue weighted by Crippen LogP contribution is -2.22. The van der Waals surface area contributed by atoms with Crippen LogP contribution in [0.3, 0.4) is 0 Å². The van der Waals surface area contributed by atoms with Crippen molar-refractivity contribution in [2.24, 2.45) is 0 Å². The van der Waals surface area contributed by atoms with Gasteiger partial charge in [0.15, 0.2) is 0 Å². The molecule has 0 fully saturated rings. The highest BCUT2D eigenvalue weighted by Crippen LogP contribution is 2.21. The molecule has 0 atom stereocenters. The number of hydrogen-bond donors (Lipinski definition) is 1. The zero-order valence-electron chi connectivity index (χ0n) is 12.9. The van der Waals surface area contributed by atoms with Crippen molar-refractivity contribution in [3.63, 3.8) is 0 Å². The van der Waals surface area contributed by atoms with Crippen molar-refractivity contribution in [1.29, 1.82) is 5.26 Å². The third-order valence-electron chi connectivity index (χ3n) is 3.24. The second-order valence-electron chi connectivity index (χ2n) is 5.07. The van der Waals surface area contributed by atoms with Gasteiger partial charge in [-0.25, -0.2) is 12.7 Å². The Morgan fingerprint density at radius 1 is 1.17 bits per heavy atom. The van der Waals surface area contributed by atoms with Crippen molar-refractivity contribution in [3.8, 4) is 6.07 Å². The number of nitrogens with zero attached hydrogens (tertiary/aromatic N) is 2. The lowest BCUT2D eigenvalue weighted by atomic mass is 10.2. The van der Waals surface area contributed by atoms with E-state index in [0.717, 1.165) is 4.31 Å². The fourth-order valence-electron chi connectivity index (χ4n) is 1.88. The smallest absolute Gasteiger partial charge is 0.255 e. The maximum atomic E-state index is 12.2. The van der Waals surface area contributed by atoms with Crippen LogP contribution in [-0.4, -0.2) is 32.7 Å². The first-order valence-corrected chi connectivity index (χ1v) is 8.61. The van der Waals surface area contributed by atoms with Crippen LogP contribution in [-0.2, 0) is 10.0 Å². The number of nitriles is 1. The number of amides is 1. The van der Waals surface area contributed by atoms with E-state index < -0.39 is 15.9 Å². The molecule has 8 heteroatoms. The summed E-state index contributed by atoms with van der Waals surface area (Å²) in [6.45, 7) is 0. The van der Waals surface area contributed by atoms with Crippen molar-refractivity contribution in [2.45, 2.75) is 4.90 Å². The van der Waals surface area contributed by atoms with E-state index in [2.05, 4.69) is 5.32 Å².